The van der Waals surface area contributed by atoms with Gasteiger partial charge < -0.3 is 19.4 Å². The predicted molar refractivity (Wildman–Crippen MR) is 123 cm³/mol. The molecule has 0 saturated carbocycles. The lowest BCUT2D eigenvalue weighted by molar-refractivity contribution is -0.116. The number of para-hydroxylation sites is 1. The van der Waals surface area contributed by atoms with Crippen LogP contribution in [0.1, 0.15) is 11.4 Å². The average molecular weight is 432 g/mol. The fourth-order valence-electron chi connectivity index (χ4n) is 3.86. The number of carbonyl (C=O) groups excluding carboxylic acids is 1. The van der Waals surface area contributed by atoms with Gasteiger partial charge in [-0.05, 0) is 38.1 Å². The first-order valence-corrected chi connectivity index (χ1v) is 10.1. The summed E-state index contributed by atoms with van der Waals surface area (Å²) >= 11 is 0. The summed E-state index contributed by atoms with van der Waals surface area (Å²) in [7, 11) is 3.09. The van der Waals surface area contributed by atoms with Gasteiger partial charge in [-0.1, -0.05) is 18.2 Å². The van der Waals surface area contributed by atoms with Gasteiger partial charge in [0.2, 0.25) is 5.91 Å². The molecule has 8 heteroatoms. The Balaban J connectivity index is 1.66. The SMILES string of the molecule is COc1ccc(NC(=O)Cn2c(C)c3cnn(-c4ccccc4)c(=O)c3c2C)cc1OC. The van der Waals surface area contributed by atoms with E-state index in [1.165, 1.54) is 11.8 Å². The lowest BCUT2D eigenvalue weighted by Crippen LogP contribution is -2.22. The third-order valence-corrected chi connectivity index (χ3v) is 5.51. The third kappa shape index (κ3) is 3.71. The maximum Gasteiger partial charge on any atom is 0.281 e. The van der Waals surface area contributed by atoms with Crippen molar-refractivity contribution >= 4 is 22.4 Å². The van der Waals surface area contributed by atoms with Crippen LogP contribution in [-0.2, 0) is 11.3 Å². The molecule has 0 fully saturated rings. The standard InChI is InChI=1S/C24H24N4O4/c1-15-19-13-25-28(18-8-6-5-7-9-18)24(30)23(19)16(2)27(15)14-22(29)26-17-10-11-20(31-3)21(12-17)32-4/h5-13H,14H2,1-4H3,(H,26,29). The second-order valence-electron chi connectivity index (χ2n) is 7.36. The molecule has 2 aromatic heterocycles. The number of ether oxygens (including phenoxy) is 2. The molecule has 2 heterocycles. The van der Waals surface area contributed by atoms with Crippen LogP contribution in [-0.4, -0.2) is 34.5 Å². The molecule has 0 aliphatic carbocycles. The second kappa shape index (κ2) is 8.58. The summed E-state index contributed by atoms with van der Waals surface area (Å²) in [6.07, 6.45) is 1.68. The predicted octanol–water partition coefficient (Wildman–Crippen LogP) is 3.46. The molecule has 1 amide bonds. The maximum absolute atomic E-state index is 13.2. The fourth-order valence-corrected chi connectivity index (χ4v) is 3.86. The van der Waals surface area contributed by atoms with E-state index in [9.17, 15) is 9.59 Å². The number of nitrogens with one attached hydrogen (secondary N) is 1. The smallest absolute Gasteiger partial charge is 0.281 e. The van der Waals surface area contributed by atoms with Crippen LogP contribution in [0.3, 0.4) is 0 Å². The lowest BCUT2D eigenvalue weighted by Gasteiger charge is -2.12. The van der Waals surface area contributed by atoms with Crippen molar-refractivity contribution in [3.8, 4) is 17.2 Å². The number of hydrogen-bond donors (Lipinski definition) is 1. The molecule has 0 bridgehead atoms. The first-order chi connectivity index (χ1) is 15.4. The van der Waals surface area contributed by atoms with E-state index in [0.29, 0.717) is 28.3 Å². The molecular weight excluding hydrogens is 408 g/mol. The zero-order valence-corrected chi connectivity index (χ0v) is 18.4. The number of aromatic nitrogens is 3. The first kappa shape index (κ1) is 21.2. The highest BCUT2D eigenvalue weighted by atomic mass is 16.5. The molecule has 1 N–H and O–H groups in total. The number of aryl methyl sites for hydroxylation is 2. The van der Waals surface area contributed by atoms with Crippen LogP contribution in [0.15, 0.2) is 59.5 Å². The molecule has 0 aliphatic rings. The maximum atomic E-state index is 13.2. The molecule has 0 unspecified atom stereocenters. The van der Waals surface area contributed by atoms with Crippen molar-refractivity contribution in [1.29, 1.82) is 0 Å². The summed E-state index contributed by atoms with van der Waals surface area (Å²) in [5.74, 6) is 0.882. The molecular formula is C24H24N4O4. The Morgan fingerprint density at radius 1 is 1.00 bits per heavy atom. The molecule has 2 aromatic carbocycles. The monoisotopic (exact) mass is 432 g/mol. The first-order valence-electron chi connectivity index (χ1n) is 10.1. The van der Waals surface area contributed by atoms with Gasteiger partial charge in [0.05, 0.1) is 31.5 Å². The number of fused-ring (bicyclic) bond motifs is 1. The van der Waals surface area contributed by atoms with E-state index in [0.717, 1.165) is 16.8 Å². The summed E-state index contributed by atoms with van der Waals surface area (Å²) in [6.45, 7) is 3.79. The van der Waals surface area contributed by atoms with E-state index in [-0.39, 0.29) is 18.0 Å². The van der Waals surface area contributed by atoms with E-state index in [1.54, 1.807) is 31.5 Å². The van der Waals surface area contributed by atoms with Crippen molar-refractivity contribution in [2.24, 2.45) is 0 Å². The van der Waals surface area contributed by atoms with Crippen molar-refractivity contribution < 1.29 is 14.3 Å². The fraction of sp³-hybridized carbons (Fsp3) is 0.208. The Bertz CT molecular complexity index is 1360. The summed E-state index contributed by atoms with van der Waals surface area (Å²) in [4.78, 5) is 26.0. The summed E-state index contributed by atoms with van der Waals surface area (Å²) < 4.78 is 13.7. The molecule has 0 radical (unpaired) electrons. The molecule has 0 atom stereocenters. The van der Waals surface area contributed by atoms with E-state index < -0.39 is 0 Å². The number of methoxy groups -OCH3 is 2. The summed E-state index contributed by atoms with van der Waals surface area (Å²) in [5, 5.41) is 8.50. The Kier molecular flexibility index (Phi) is 5.68. The highest BCUT2D eigenvalue weighted by Crippen LogP contribution is 2.30. The largest absolute Gasteiger partial charge is 0.493 e. The van der Waals surface area contributed by atoms with Crippen molar-refractivity contribution in [2.45, 2.75) is 20.4 Å². The number of hydrogen-bond acceptors (Lipinski definition) is 5. The Morgan fingerprint density at radius 2 is 1.72 bits per heavy atom. The average Bonchev–Trinajstić information content (AvgIpc) is 3.05. The van der Waals surface area contributed by atoms with Crippen molar-refractivity contribution in [3.63, 3.8) is 0 Å². The number of amides is 1. The highest BCUT2D eigenvalue weighted by Gasteiger charge is 2.18. The van der Waals surface area contributed by atoms with Gasteiger partial charge in [-0.15, -0.1) is 0 Å². The van der Waals surface area contributed by atoms with Crippen LogP contribution in [0.5, 0.6) is 11.5 Å². The molecule has 32 heavy (non-hydrogen) atoms. The number of nitrogens with zero attached hydrogens (tertiary/aromatic N) is 3. The molecule has 164 valence electrons. The number of benzene rings is 2. The van der Waals surface area contributed by atoms with E-state index in [1.807, 2.05) is 48.7 Å². The normalized spacial score (nSPS) is 10.9. The molecule has 0 saturated heterocycles. The minimum Gasteiger partial charge on any atom is -0.493 e. The van der Waals surface area contributed by atoms with Gasteiger partial charge in [-0.3, -0.25) is 9.59 Å². The third-order valence-electron chi connectivity index (χ3n) is 5.51. The number of rotatable bonds is 6. The van der Waals surface area contributed by atoms with E-state index >= 15 is 0 Å². The number of anilines is 1. The van der Waals surface area contributed by atoms with Gasteiger partial charge in [0, 0.05) is 28.5 Å². The van der Waals surface area contributed by atoms with Gasteiger partial charge in [0.15, 0.2) is 11.5 Å². The van der Waals surface area contributed by atoms with Gasteiger partial charge in [0.1, 0.15) is 6.54 Å². The van der Waals surface area contributed by atoms with Crippen molar-refractivity contribution in [3.05, 3.63) is 76.5 Å². The van der Waals surface area contributed by atoms with E-state index in [4.69, 9.17) is 9.47 Å². The lowest BCUT2D eigenvalue weighted by atomic mass is 10.2. The van der Waals surface area contributed by atoms with Crippen LogP contribution in [0.25, 0.3) is 16.5 Å². The van der Waals surface area contributed by atoms with Crippen LogP contribution in [0, 0.1) is 13.8 Å². The van der Waals surface area contributed by atoms with Gasteiger partial charge in [-0.2, -0.15) is 9.78 Å². The Labute approximate surface area is 185 Å². The zero-order valence-electron chi connectivity index (χ0n) is 18.4. The van der Waals surface area contributed by atoms with E-state index in [2.05, 4.69) is 10.4 Å². The second-order valence-corrected chi connectivity index (χ2v) is 7.36. The molecule has 8 nitrogen and oxygen atoms in total. The van der Waals surface area contributed by atoms with Crippen LogP contribution in [0.4, 0.5) is 5.69 Å². The topological polar surface area (TPSA) is 87.4 Å². The van der Waals surface area contributed by atoms with Crippen molar-refractivity contribution in [2.75, 3.05) is 19.5 Å². The molecule has 0 aliphatic heterocycles. The Hall–Kier alpha value is -4.07. The minimum atomic E-state index is -0.222. The van der Waals surface area contributed by atoms with Crippen LogP contribution in [0.2, 0.25) is 0 Å². The summed E-state index contributed by atoms with van der Waals surface area (Å²) in [5.41, 5.74) is 2.60. The van der Waals surface area contributed by atoms with Crippen LogP contribution >= 0.6 is 0 Å². The minimum absolute atomic E-state index is 0.0610. The number of carbonyl (C=O) groups is 1. The quantitative estimate of drug-likeness (QED) is 0.504. The Morgan fingerprint density at radius 3 is 2.41 bits per heavy atom. The molecule has 0 spiro atoms. The molecule has 4 aromatic rings. The highest BCUT2D eigenvalue weighted by molar-refractivity contribution is 5.93. The van der Waals surface area contributed by atoms with Gasteiger partial charge in [-0.25, -0.2) is 0 Å². The molecule has 4 rings (SSSR count). The zero-order chi connectivity index (χ0) is 22.8. The van der Waals surface area contributed by atoms with Crippen LogP contribution < -0.4 is 20.3 Å². The van der Waals surface area contributed by atoms with Gasteiger partial charge in [0.25, 0.3) is 5.56 Å². The van der Waals surface area contributed by atoms with Crippen molar-refractivity contribution in [1.82, 2.24) is 14.3 Å². The summed E-state index contributed by atoms with van der Waals surface area (Å²) in [6, 6.07) is 14.4. The van der Waals surface area contributed by atoms with Gasteiger partial charge >= 0.3 is 0 Å².